The van der Waals surface area contributed by atoms with E-state index in [1.165, 1.54) is 6.21 Å². The Hall–Kier alpha value is -1.68. The van der Waals surface area contributed by atoms with Gasteiger partial charge in [0.2, 0.25) is 0 Å². The number of ether oxygens (including phenoxy) is 1. The molecule has 0 amide bonds. The molecule has 0 spiro atoms. The highest BCUT2D eigenvalue weighted by Gasteiger charge is 2.13. The van der Waals surface area contributed by atoms with Crippen molar-refractivity contribution < 1.29 is 9.53 Å². The first-order valence-corrected chi connectivity index (χ1v) is 5.36. The van der Waals surface area contributed by atoms with Gasteiger partial charge in [-0.05, 0) is 26.3 Å². The summed E-state index contributed by atoms with van der Waals surface area (Å²) in [5.41, 5.74) is 5.55. The number of benzene rings is 1. The number of hydrogen-bond acceptors (Lipinski definition) is 4. The van der Waals surface area contributed by atoms with Crippen LogP contribution >= 0.6 is 0 Å². The van der Waals surface area contributed by atoms with Crippen molar-refractivity contribution in [3.63, 3.8) is 0 Å². The SMILES string of the molecule is CC(C)(C)OC(=O)CN.N=Cc1ccccc1. The summed E-state index contributed by atoms with van der Waals surface area (Å²) in [7, 11) is 0. The Morgan fingerprint density at radius 2 is 1.88 bits per heavy atom. The van der Waals surface area contributed by atoms with Gasteiger partial charge in [0, 0.05) is 6.21 Å². The highest BCUT2D eigenvalue weighted by Crippen LogP contribution is 2.05. The Bertz CT molecular complexity index is 342. The van der Waals surface area contributed by atoms with Crippen molar-refractivity contribution in [2.75, 3.05) is 6.54 Å². The van der Waals surface area contributed by atoms with Crippen LogP contribution in [-0.4, -0.2) is 24.3 Å². The Balaban J connectivity index is 0.000000302. The van der Waals surface area contributed by atoms with Gasteiger partial charge < -0.3 is 15.9 Å². The normalized spacial score (nSPS) is 9.88. The lowest BCUT2D eigenvalue weighted by Crippen LogP contribution is -2.28. The maximum absolute atomic E-state index is 10.5. The first kappa shape index (κ1) is 15.3. The third-order valence-electron chi connectivity index (χ3n) is 1.55. The van der Waals surface area contributed by atoms with Gasteiger partial charge in [0.25, 0.3) is 0 Å². The van der Waals surface area contributed by atoms with Crippen LogP contribution in [0.4, 0.5) is 0 Å². The smallest absolute Gasteiger partial charge is 0.320 e. The number of hydrogen-bond donors (Lipinski definition) is 2. The van der Waals surface area contributed by atoms with E-state index in [4.69, 9.17) is 15.9 Å². The van der Waals surface area contributed by atoms with Gasteiger partial charge in [-0.2, -0.15) is 0 Å². The molecule has 0 saturated heterocycles. The van der Waals surface area contributed by atoms with E-state index in [1.54, 1.807) is 20.8 Å². The summed E-state index contributed by atoms with van der Waals surface area (Å²) < 4.78 is 4.82. The van der Waals surface area contributed by atoms with E-state index in [2.05, 4.69) is 0 Å². The summed E-state index contributed by atoms with van der Waals surface area (Å²) in [6.45, 7) is 5.37. The molecule has 4 heteroatoms. The van der Waals surface area contributed by atoms with E-state index < -0.39 is 5.60 Å². The van der Waals surface area contributed by atoms with Crippen LogP contribution in [0.3, 0.4) is 0 Å². The van der Waals surface area contributed by atoms with E-state index in [9.17, 15) is 4.79 Å². The highest BCUT2D eigenvalue weighted by molar-refractivity contribution is 5.76. The van der Waals surface area contributed by atoms with Crippen molar-refractivity contribution in [1.29, 1.82) is 5.41 Å². The van der Waals surface area contributed by atoms with Gasteiger partial charge in [0.05, 0.1) is 6.54 Å². The summed E-state index contributed by atoms with van der Waals surface area (Å²) >= 11 is 0. The van der Waals surface area contributed by atoms with E-state index in [0.29, 0.717) is 0 Å². The molecule has 0 radical (unpaired) electrons. The van der Waals surface area contributed by atoms with Crippen molar-refractivity contribution in [3.05, 3.63) is 35.9 Å². The number of nitrogens with two attached hydrogens (primary N) is 1. The molecule has 0 fully saturated rings. The molecule has 0 aliphatic carbocycles. The molecule has 0 saturated carbocycles. The number of rotatable bonds is 2. The summed E-state index contributed by atoms with van der Waals surface area (Å²) in [6, 6.07) is 9.56. The lowest BCUT2D eigenvalue weighted by molar-refractivity contribution is -0.152. The zero-order valence-electron chi connectivity index (χ0n) is 10.6. The van der Waals surface area contributed by atoms with Gasteiger partial charge in [0.1, 0.15) is 5.60 Å². The van der Waals surface area contributed by atoms with E-state index in [-0.39, 0.29) is 12.5 Å². The quantitative estimate of drug-likeness (QED) is 0.609. The molecule has 0 atom stereocenters. The predicted molar refractivity (Wildman–Crippen MR) is 69.2 cm³/mol. The van der Waals surface area contributed by atoms with Crippen LogP contribution in [0.2, 0.25) is 0 Å². The van der Waals surface area contributed by atoms with Crippen LogP contribution in [-0.2, 0) is 9.53 Å². The second-order valence-electron chi connectivity index (χ2n) is 4.35. The van der Waals surface area contributed by atoms with Crippen LogP contribution in [0.15, 0.2) is 30.3 Å². The molecule has 1 aromatic carbocycles. The molecule has 0 aliphatic heterocycles. The maximum atomic E-state index is 10.5. The maximum Gasteiger partial charge on any atom is 0.320 e. The third kappa shape index (κ3) is 9.26. The Labute approximate surface area is 102 Å². The van der Waals surface area contributed by atoms with Crippen LogP contribution in [0.25, 0.3) is 0 Å². The molecular formula is C13H20N2O2. The lowest BCUT2D eigenvalue weighted by atomic mass is 10.2. The van der Waals surface area contributed by atoms with Gasteiger partial charge in [-0.25, -0.2) is 0 Å². The average Bonchev–Trinajstić information content (AvgIpc) is 2.28. The fourth-order valence-electron chi connectivity index (χ4n) is 0.932. The van der Waals surface area contributed by atoms with Gasteiger partial charge in [-0.3, -0.25) is 4.79 Å². The second-order valence-corrected chi connectivity index (χ2v) is 4.35. The zero-order chi connectivity index (χ0) is 13.3. The van der Waals surface area contributed by atoms with Gasteiger partial charge in [-0.1, -0.05) is 30.3 Å². The van der Waals surface area contributed by atoms with Crippen LogP contribution < -0.4 is 5.73 Å². The molecule has 17 heavy (non-hydrogen) atoms. The van der Waals surface area contributed by atoms with Gasteiger partial charge in [0.15, 0.2) is 0 Å². The monoisotopic (exact) mass is 236 g/mol. The van der Waals surface area contributed by atoms with Gasteiger partial charge in [-0.15, -0.1) is 0 Å². The Morgan fingerprint density at radius 3 is 2.12 bits per heavy atom. The number of esters is 1. The van der Waals surface area contributed by atoms with E-state index >= 15 is 0 Å². The molecule has 3 N–H and O–H groups in total. The minimum absolute atomic E-state index is 0.0444. The third-order valence-corrected chi connectivity index (χ3v) is 1.55. The average molecular weight is 236 g/mol. The Morgan fingerprint density at radius 1 is 1.35 bits per heavy atom. The first-order valence-electron chi connectivity index (χ1n) is 5.36. The molecule has 0 bridgehead atoms. The summed E-state index contributed by atoms with van der Waals surface area (Å²) in [4.78, 5) is 10.5. The van der Waals surface area contributed by atoms with Crippen LogP contribution in [0.5, 0.6) is 0 Å². The fraction of sp³-hybridized carbons (Fsp3) is 0.385. The number of nitrogens with one attached hydrogen (secondary N) is 1. The fourth-order valence-corrected chi connectivity index (χ4v) is 0.932. The zero-order valence-corrected chi connectivity index (χ0v) is 10.6. The molecule has 0 unspecified atom stereocenters. The molecule has 94 valence electrons. The topological polar surface area (TPSA) is 76.2 Å². The van der Waals surface area contributed by atoms with Crippen LogP contribution in [0, 0.1) is 5.41 Å². The summed E-state index contributed by atoms with van der Waals surface area (Å²) in [5, 5.41) is 6.82. The molecule has 1 rings (SSSR count). The number of carbonyl (C=O) groups excluding carboxylic acids is 1. The molecule has 4 nitrogen and oxygen atoms in total. The van der Waals surface area contributed by atoms with Crippen molar-refractivity contribution in [2.45, 2.75) is 26.4 Å². The van der Waals surface area contributed by atoms with Crippen molar-refractivity contribution in [1.82, 2.24) is 0 Å². The van der Waals surface area contributed by atoms with E-state index in [0.717, 1.165) is 5.56 Å². The van der Waals surface area contributed by atoms with Gasteiger partial charge >= 0.3 is 5.97 Å². The summed E-state index contributed by atoms with van der Waals surface area (Å²) in [6.07, 6.45) is 1.33. The standard InChI is InChI=1S/C7H7N.C6H13NO2/c8-6-7-4-2-1-3-5-7;1-6(2,3)9-5(8)4-7/h1-6,8H;4,7H2,1-3H3. The predicted octanol–water partition coefficient (Wildman–Crippen LogP) is 1.97. The minimum atomic E-state index is -0.406. The van der Waals surface area contributed by atoms with Crippen LogP contribution in [0.1, 0.15) is 26.3 Å². The summed E-state index contributed by atoms with van der Waals surface area (Å²) in [5.74, 6) is -0.359. The first-order chi connectivity index (χ1) is 7.89. The molecule has 0 aliphatic rings. The van der Waals surface area contributed by atoms with Crippen molar-refractivity contribution in [3.8, 4) is 0 Å². The van der Waals surface area contributed by atoms with E-state index in [1.807, 2.05) is 30.3 Å². The second kappa shape index (κ2) is 7.57. The Kier molecular flexibility index (Phi) is 6.82. The highest BCUT2D eigenvalue weighted by atomic mass is 16.6. The van der Waals surface area contributed by atoms with Crippen molar-refractivity contribution >= 4 is 12.2 Å². The molecular weight excluding hydrogens is 216 g/mol. The lowest BCUT2D eigenvalue weighted by Gasteiger charge is -2.18. The molecule has 1 aromatic rings. The molecule has 0 heterocycles. The largest absolute Gasteiger partial charge is 0.459 e. The molecule has 0 aromatic heterocycles. The number of carbonyl (C=O) groups is 1. The minimum Gasteiger partial charge on any atom is -0.459 e. The van der Waals surface area contributed by atoms with Crippen molar-refractivity contribution in [2.24, 2.45) is 5.73 Å².